The Bertz CT molecular complexity index is 2360. The number of carboxylic acids is 1. The molecule has 0 amide bonds. The van der Waals surface area contributed by atoms with Crippen molar-refractivity contribution in [1.29, 1.82) is 0 Å². The molecule has 0 aliphatic carbocycles. The number of halogens is 4. The maximum absolute atomic E-state index is 14.3. The van der Waals surface area contributed by atoms with Gasteiger partial charge in [-0.25, -0.2) is 14.2 Å². The van der Waals surface area contributed by atoms with Crippen LogP contribution in [0, 0.1) is 35.5 Å². The number of nitrogens with zero attached hydrogens (tertiary/aromatic N) is 4. The number of carbonyl (C=O) groups is 1. The van der Waals surface area contributed by atoms with Gasteiger partial charge in [-0.1, -0.05) is 135 Å². The lowest BCUT2D eigenvalue weighted by molar-refractivity contribution is -0.130. The average Bonchev–Trinajstić information content (AvgIpc) is 3.68. The molecule has 2 aromatic heterocycles. The predicted molar refractivity (Wildman–Crippen MR) is 219 cm³/mol. The van der Waals surface area contributed by atoms with Gasteiger partial charge in [0.05, 0.1) is 26.3 Å². The molecule has 3 aromatic carbocycles. The number of hydrogen-bond donors (Lipinski definition) is 3. The number of hydrogen-bond acceptors (Lipinski definition) is 5. The molecule has 0 radical (unpaired) electrons. The summed E-state index contributed by atoms with van der Waals surface area (Å²) in [6, 6.07) is 14.0. The quantitative estimate of drug-likeness (QED) is 0.0675. The van der Waals surface area contributed by atoms with Crippen molar-refractivity contribution in [3.8, 4) is 46.9 Å². The van der Waals surface area contributed by atoms with Crippen molar-refractivity contribution in [3.05, 3.63) is 90.1 Å². The fourth-order valence-electron chi connectivity index (χ4n) is 5.99. The Balaban J connectivity index is 1.40. The molecular weight excluding hydrogens is 766 g/mol. The van der Waals surface area contributed by atoms with E-state index in [0.717, 1.165) is 24.8 Å². The first-order valence-electron chi connectivity index (χ1n) is 17.8. The van der Waals surface area contributed by atoms with Crippen molar-refractivity contribution >= 4 is 74.9 Å². The van der Waals surface area contributed by atoms with Crippen molar-refractivity contribution in [2.45, 2.75) is 84.0 Å². The number of fused-ring (bicyclic) bond motifs is 1. The number of aromatic nitrogens is 5. The van der Waals surface area contributed by atoms with Crippen LogP contribution in [-0.2, 0) is 11.2 Å². The van der Waals surface area contributed by atoms with E-state index in [2.05, 4.69) is 57.3 Å². The molecule has 0 bridgehead atoms. The summed E-state index contributed by atoms with van der Waals surface area (Å²) in [7, 11) is 0. The van der Waals surface area contributed by atoms with Gasteiger partial charge in [0.2, 0.25) is 0 Å². The zero-order chi connectivity index (χ0) is 38.5. The van der Waals surface area contributed by atoms with E-state index in [9.17, 15) is 9.59 Å². The number of nitrogens with one attached hydrogen (secondary N) is 2. The van der Waals surface area contributed by atoms with Gasteiger partial charge in [-0.2, -0.15) is 0 Å². The van der Waals surface area contributed by atoms with E-state index < -0.39 is 11.5 Å². The molecule has 278 valence electrons. The van der Waals surface area contributed by atoms with Crippen LogP contribution in [0.5, 0.6) is 0 Å². The van der Waals surface area contributed by atoms with Crippen molar-refractivity contribution in [2.24, 2.45) is 0 Å². The van der Waals surface area contributed by atoms with E-state index in [-0.39, 0.29) is 27.2 Å². The second kappa shape index (κ2) is 20.0. The molecule has 3 N–H and O–H groups in total. The third-order valence-electron chi connectivity index (χ3n) is 8.65. The van der Waals surface area contributed by atoms with Crippen LogP contribution < -0.4 is 10.9 Å². The second-order valence-corrected chi connectivity index (χ2v) is 14.3. The van der Waals surface area contributed by atoms with Crippen LogP contribution in [0.25, 0.3) is 22.4 Å². The van der Waals surface area contributed by atoms with Gasteiger partial charge in [0.1, 0.15) is 11.2 Å². The standard InChI is InChI=1S/C41H38Cl4N6O3/c1-2-3-4-5-6-7-8-9-10-11-14-17-28-20-22-31(43)34(24-28)46-40-39(41(54)51(48-40)38-32(44)26-30(42)27-33(38)45)50-36-23-21-29(25-35(36)47-49-50)18-15-12-13-16-19-37(52)53/h20-27,46,48H,2-11,14,17H2,1H3,(H,52,53). The van der Waals surface area contributed by atoms with Gasteiger partial charge in [-0.15, -0.1) is 5.10 Å². The highest BCUT2D eigenvalue weighted by molar-refractivity contribution is 6.40. The molecule has 0 fully saturated rings. The predicted octanol–water partition coefficient (Wildman–Crippen LogP) is 10.6. The minimum Gasteiger partial charge on any atom is -0.472 e. The first-order chi connectivity index (χ1) is 26.2. The summed E-state index contributed by atoms with van der Waals surface area (Å²) in [4.78, 5) is 24.8. The van der Waals surface area contributed by atoms with E-state index >= 15 is 0 Å². The van der Waals surface area contributed by atoms with Gasteiger partial charge in [0.15, 0.2) is 11.5 Å². The van der Waals surface area contributed by atoms with Gasteiger partial charge >= 0.3 is 5.97 Å². The summed E-state index contributed by atoms with van der Waals surface area (Å²) >= 11 is 26.0. The molecule has 0 spiro atoms. The number of carboxylic acid groups (broad SMARTS) is 1. The number of unbranched alkanes of at least 4 members (excludes halogenated alkanes) is 10. The summed E-state index contributed by atoms with van der Waals surface area (Å²) in [6.07, 6.45) is 14.9. The summed E-state index contributed by atoms with van der Waals surface area (Å²) in [5.41, 5.74) is 3.02. The average molecular weight is 805 g/mol. The fraction of sp³-hybridized carbons (Fsp3) is 0.317. The van der Waals surface area contributed by atoms with Crippen LogP contribution >= 0.6 is 46.4 Å². The minimum atomic E-state index is -1.27. The number of aliphatic carboxylic acids is 1. The molecule has 9 nitrogen and oxygen atoms in total. The lowest BCUT2D eigenvalue weighted by Crippen LogP contribution is -2.19. The van der Waals surface area contributed by atoms with Crippen LogP contribution in [0.15, 0.2) is 53.3 Å². The van der Waals surface area contributed by atoms with Gasteiger partial charge in [-0.05, 0) is 84.6 Å². The maximum Gasteiger partial charge on any atom is 0.382 e. The van der Waals surface area contributed by atoms with E-state index in [4.69, 9.17) is 51.5 Å². The zero-order valence-electron chi connectivity index (χ0n) is 29.7. The highest BCUT2D eigenvalue weighted by Gasteiger charge is 2.24. The normalized spacial score (nSPS) is 10.6. The Hall–Kier alpha value is -4.82. The fourth-order valence-corrected chi connectivity index (χ4v) is 7.14. The van der Waals surface area contributed by atoms with Crippen molar-refractivity contribution in [1.82, 2.24) is 24.8 Å². The molecule has 5 aromatic rings. The molecule has 0 atom stereocenters. The molecule has 0 aliphatic rings. The van der Waals surface area contributed by atoms with Crippen molar-refractivity contribution in [2.75, 3.05) is 5.32 Å². The maximum atomic E-state index is 14.3. The second-order valence-electron chi connectivity index (χ2n) is 12.7. The first kappa shape index (κ1) is 40.4. The Morgan fingerprint density at radius 3 is 2.15 bits per heavy atom. The largest absolute Gasteiger partial charge is 0.472 e. The molecule has 2 heterocycles. The monoisotopic (exact) mass is 802 g/mol. The van der Waals surface area contributed by atoms with Gasteiger partial charge in [-0.3, -0.25) is 9.89 Å². The molecule has 13 heteroatoms. The third-order valence-corrected chi connectivity index (χ3v) is 9.78. The van der Waals surface area contributed by atoms with Crippen molar-refractivity contribution in [3.63, 3.8) is 0 Å². The number of aryl methyl sites for hydroxylation is 1. The number of rotatable bonds is 16. The number of H-pyrrole nitrogens is 1. The smallest absolute Gasteiger partial charge is 0.382 e. The van der Waals surface area contributed by atoms with Crippen LogP contribution in [0.3, 0.4) is 0 Å². The van der Waals surface area contributed by atoms with Gasteiger partial charge in [0, 0.05) is 16.5 Å². The molecule has 0 saturated heterocycles. The Morgan fingerprint density at radius 1 is 0.796 bits per heavy atom. The minimum absolute atomic E-state index is 0.105. The van der Waals surface area contributed by atoms with Crippen LogP contribution in [0.4, 0.5) is 11.5 Å². The summed E-state index contributed by atoms with van der Waals surface area (Å²) in [5.74, 6) is 13.4. The van der Waals surface area contributed by atoms with Crippen LogP contribution in [-0.4, -0.2) is 35.9 Å². The first-order valence-corrected chi connectivity index (χ1v) is 19.3. The van der Waals surface area contributed by atoms with Crippen molar-refractivity contribution < 1.29 is 9.90 Å². The van der Waals surface area contributed by atoms with E-state index in [1.807, 2.05) is 24.1 Å². The molecule has 0 unspecified atom stereocenters. The summed E-state index contributed by atoms with van der Waals surface area (Å²) in [5, 5.41) is 24.8. The van der Waals surface area contributed by atoms with Gasteiger partial charge in [0.25, 0.3) is 5.56 Å². The topological polar surface area (TPSA) is 118 Å². The summed E-state index contributed by atoms with van der Waals surface area (Å²) in [6.45, 7) is 2.25. The number of anilines is 2. The van der Waals surface area contributed by atoms with E-state index in [1.54, 1.807) is 18.2 Å². The molecule has 5 rings (SSSR count). The molecule has 0 saturated carbocycles. The lowest BCUT2D eigenvalue weighted by atomic mass is 10.0. The Kier molecular flexibility index (Phi) is 15.0. The molecular formula is C41H38Cl4N6O3. The SMILES string of the molecule is CCCCCCCCCCCCCc1ccc(Cl)c(Nc2[nH]n(-c3c(Cl)cc(Cl)cc3Cl)c(=O)c2-n2nnc3cc(C#CC#CC#CC(=O)O)ccc32)c1. The van der Waals surface area contributed by atoms with E-state index in [0.29, 0.717) is 32.3 Å². The third kappa shape index (κ3) is 10.9. The van der Waals surface area contributed by atoms with E-state index in [1.165, 1.54) is 79.3 Å². The Morgan fingerprint density at radius 2 is 1.46 bits per heavy atom. The summed E-state index contributed by atoms with van der Waals surface area (Å²) < 4.78 is 2.63. The van der Waals surface area contributed by atoms with Crippen LogP contribution in [0.2, 0.25) is 20.1 Å². The van der Waals surface area contributed by atoms with Crippen LogP contribution in [0.1, 0.15) is 88.7 Å². The number of benzene rings is 3. The van der Waals surface area contributed by atoms with Gasteiger partial charge < -0.3 is 10.4 Å². The highest BCUT2D eigenvalue weighted by Crippen LogP contribution is 2.34. The highest BCUT2D eigenvalue weighted by atomic mass is 35.5. The Labute approximate surface area is 334 Å². The molecule has 54 heavy (non-hydrogen) atoms. The zero-order valence-corrected chi connectivity index (χ0v) is 32.7. The lowest BCUT2D eigenvalue weighted by Gasteiger charge is -2.11. The molecule has 0 aliphatic heterocycles. The number of aromatic amines is 1.